The van der Waals surface area contributed by atoms with E-state index in [-0.39, 0.29) is 5.92 Å². The van der Waals surface area contributed by atoms with Crippen LogP contribution in [0, 0.1) is 0 Å². The molecule has 3 nitrogen and oxygen atoms in total. The fourth-order valence-corrected chi connectivity index (χ4v) is 11.2. The molecule has 0 radical (unpaired) electrons. The molecule has 3 heteroatoms. The molecule has 0 spiro atoms. The van der Waals surface area contributed by atoms with Crippen LogP contribution in [0.4, 0.5) is 5.69 Å². The van der Waals surface area contributed by atoms with Gasteiger partial charge in [-0.05, 0) is 155 Å². The summed E-state index contributed by atoms with van der Waals surface area (Å²) in [6.45, 7) is 4.33. The first kappa shape index (κ1) is 37.7. The second kappa shape index (κ2) is 15.1. The standard InChI is InChI=1S/C62H47N3/c1-2-63-57-33-27-49(64-59-29-23-45(41-15-7-3-8-16-41)35-51(59)52-36-46(24-30-60(52)64)42-17-9-4-10-18-42)39-55(57)56-40-50(28-34-58(56)63)65-61-31-25-47(43-19-11-5-12-20-43)37-53(61)54-38-48(26-32-62(54)65)44-21-13-6-14-22-44/h2-4,7-11,13,15-39,56H,1,5-6,12,14,40H2. The van der Waals surface area contributed by atoms with Crippen molar-refractivity contribution in [3.05, 3.63) is 235 Å². The lowest BCUT2D eigenvalue weighted by atomic mass is 9.89. The van der Waals surface area contributed by atoms with Gasteiger partial charge in [0.1, 0.15) is 0 Å². The third-order valence-electron chi connectivity index (χ3n) is 14.3. The Morgan fingerprint density at radius 2 is 0.969 bits per heavy atom. The SMILES string of the molecule is C=CN1C2=CC=C(n3c4ccc(C5=CCCC=C5)cc4c4cc(C5=CCCC=C5)ccc43)CC2c2cc(-n3c4ccc(-c5ccccc5)cc4c4cc(-c5ccccc5)ccc43)ccc21. The van der Waals surface area contributed by atoms with Gasteiger partial charge in [-0.1, -0.05) is 128 Å². The normalized spacial score (nSPS) is 16.7. The van der Waals surface area contributed by atoms with E-state index in [2.05, 4.69) is 221 Å². The highest BCUT2D eigenvalue weighted by molar-refractivity contribution is 6.13. The number of allylic oxidation sites excluding steroid dienone is 12. The van der Waals surface area contributed by atoms with Crippen LogP contribution < -0.4 is 4.90 Å². The molecular formula is C62H47N3. The van der Waals surface area contributed by atoms with Crippen molar-refractivity contribution in [3.63, 3.8) is 0 Å². The van der Waals surface area contributed by atoms with Gasteiger partial charge in [-0.15, -0.1) is 0 Å². The van der Waals surface area contributed by atoms with Gasteiger partial charge >= 0.3 is 0 Å². The maximum atomic E-state index is 4.33. The molecule has 2 aromatic heterocycles. The lowest BCUT2D eigenvalue weighted by Gasteiger charge is -2.24. The van der Waals surface area contributed by atoms with Crippen LogP contribution in [0.25, 0.3) is 88.4 Å². The summed E-state index contributed by atoms with van der Waals surface area (Å²) >= 11 is 0. The van der Waals surface area contributed by atoms with Gasteiger partial charge in [-0.25, -0.2) is 0 Å². The molecule has 0 fully saturated rings. The van der Waals surface area contributed by atoms with Crippen LogP contribution in [0.5, 0.6) is 0 Å². The van der Waals surface area contributed by atoms with E-state index in [9.17, 15) is 0 Å². The van der Waals surface area contributed by atoms with Crippen molar-refractivity contribution < 1.29 is 0 Å². The molecule has 3 heterocycles. The zero-order valence-electron chi connectivity index (χ0n) is 36.3. The van der Waals surface area contributed by atoms with Gasteiger partial charge in [0.15, 0.2) is 0 Å². The third kappa shape index (κ3) is 6.10. The predicted octanol–water partition coefficient (Wildman–Crippen LogP) is 16.6. The van der Waals surface area contributed by atoms with E-state index in [0.717, 1.165) is 32.1 Å². The van der Waals surface area contributed by atoms with Gasteiger partial charge in [0.25, 0.3) is 0 Å². The maximum absolute atomic E-state index is 4.33. The molecule has 1 unspecified atom stereocenters. The first-order valence-electron chi connectivity index (χ1n) is 23.2. The van der Waals surface area contributed by atoms with E-state index < -0.39 is 0 Å². The van der Waals surface area contributed by atoms with Crippen LogP contribution >= 0.6 is 0 Å². The Bertz CT molecular complexity index is 3450. The highest BCUT2D eigenvalue weighted by Gasteiger charge is 2.36. The highest BCUT2D eigenvalue weighted by atomic mass is 15.2. The molecule has 65 heavy (non-hydrogen) atoms. The number of rotatable bonds is 7. The van der Waals surface area contributed by atoms with Gasteiger partial charge in [0, 0.05) is 62.9 Å². The van der Waals surface area contributed by atoms with Crippen LogP contribution in [0.2, 0.25) is 0 Å². The molecule has 1 atom stereocenters. The average Bonchev–Trinajstić information content (AvgIpc) is 4.01. The van der Waals surface area contributed by atoms with E-state index in [1.54, 1.807) is 0 Å². The van der Waals surface area contributed by atoms with E-state index in [1.807, 2.05) is 6.20 Å². The lowest BCUT2D eigenvalue weighted by molar-refractivity contribution is 0.805. The predicted molar refractivity (Wildman–Crippen MR) is 276 cm³/mol. The summed E-state index contributed by atoms with van der Waals surface area (Å²) in [7, 11) is 0. The monoisotopic (exact) mass is 833 g/mol. The Balaban J connectivity index is 0.948. The van der Waals surface area contributed by atoms with Crippen molar-refractivity contribution in [2.24, 2.45) is 0 Å². The molecular weight excluding hydrogens is 787 g/mol. The van der Waals surface area contributed by atoms with Crippen LogP contribution in [0.1, 0.15) is 54.7 Å². The van der Waals surface area contributed by atoms with Crippen molar-refractivity contribution in [2.75, 3.05) is 4.90 Å². The first-order valence-corrected chi connectivity index (χ1v) is 23.2. The zero-order chi connectivity index (χ0) is 43.0. The van der Waals surface area contributed by atoms with E-state index in [0.29, 0.717) is 0 Å². The number of hydrogen-bond donors (Lipinski definition) is 0. The number of fused-ring (bicyclic) bond motifs is 9. The molecule has 0 bridgehead atoms. The summed E-state index contributed by atoms with van der Waals surface area (Å²) in [4.78, 5) is 2.31. The zero-order valence-corrected chi connectivity index (χ0v) is 36.3. The molecule has 310 valence electrons. The molecule has 0 N–H and O–H groups in total. The minimum absolute atomic E-state index is 0.159. The smallest absolute Gasteiger partial charge is 0.0541 e. The molecule has 0 saturated carbocycles. The van der Waals surface area contributed by atoms with E-state index >= 15 is 0 Å². The topological polar surface area (TPSA) is 13.1 Å². The molecule has 4 aliphatic rings. The Hall–Kier alpha value is -7.88. The van der Waals surface area contributed by atoms with E-state index in [4.69, 9.17) is 0 Å². The molecule has 9 aromatic rings. The Labute approximate surface area is 379 Å². The Morgan fingerprint density at radius 3 is 1.48 bits per heavy atom. The summed E-state index contributed by atoms with van der Waals surface area (Å²) in [5, 5.41) is 5.10. The van der Waals surface area contributed by atoms with E-state index in [1.165, 1.54) is 116 Å². The van der Waals surface area contributed by atoms with Crippen LogP contribution in [-0.2, 0) is 0 Å². The molecule has 0 saturated heterocycles. The second-order valence-corrected chi connectivity index (χ2v) is 17.9. The first-order chi connectivity index (χ1) is 32.2. The molecule has 3 aliphatic carbocycles. The molecule has 7 aromatic carbocycles. The van der Waals surface area contributed by atoms with Gasteiger partial charge in [0.05, 0.1) is 22.1 Å². The van der Waals surface area contributed by atoms with Gasteiger partial charge in [-0.2, -0.15) is 0 Å². The molecule has 13 rings (SSSR count). The summed E-state index contributed by atoms with van der Waals surface area (Å²) in [6.07, 6.45) is 25.9. The highest BCUT2D eigenvalue weighted by Crippen LogP contribution is 2.51. The fourth-order valence-electron chi connectivity index (χ4n) is 11.2. The fraction of sp³-hybridized carbons (Fsp3) is 0.0968. The second-order valence-electron chi connectivity index (χ2n) is 17.9. The number of hydrogen-bond acceptors (Lipinski definition) is 1. The Kier molecular flexibility index (Phi) is 8.77. The van der Waals surface area contributed by atoms with Crippen molar-refractivity contribution in [1.82, 2.24) is 9.13 Å². The van der Waals surface area contributed by atoms with Crippen molar-refractivity contribution in [3.8, 4) is 27.9 Å². The van der Waals surface area contributed by atoms with Gasteiger partial charge < -0.3 is 14.0 Å². The molecule has 1 aliphatic heterocycles. The summed E-state index contributed by atoms with van der Waals surface area (Å²) in [5.41, 5.74) is 21.3. The minimum Gasteiger partial charge on any atom is -0.321 e. The van der Waals surface area contributed by atoms with Crippen molar-refractivity contribution >= 4 is 66.1 Å². The van der Waals surface area contributed by atoms with Crippen LogP contribution in [0.3, 0.4) is 0 Å². The summed E-state index contributed by atoms with van der Waals surface area (Å²) in [6, 6.07) is 56.7. The Morgan fingerprint density at radius 1 is 0.462 bits per heavy atom. The number of aromatic nitrogens is 2. The van der Waals surface area contributed by atoms with Gasteiger partial charge in [-0.3, -0.25) is 0 Å². The summed E-state index contributed by atoms with van der Waals surface area (Å²) in [5.74, 6) is 0.159. The largest absolute Gasteiger partial charge is 0.321 e. The van der Waals surface area contributed by atoms with Crippen molar-refractivity contribution in [2.45, 2.75) is 38.0 Å². The number of anilines is 1. The number of benzene rings is 7. The van der Waals surface area contributed by atoms with Crippen molar-refractivity contribution in [1.29, 1.82) is 0 Å². The average molecular weight is 834 g/mol. The third-order valence-corrected chi connectivity index (χ3v) is 14.3. The van der Waals surface area contributed by atoms with Crippen LogP contribution in [-0.4, -0.2) is 9.13 Å². The minimum atomic E-state index is 0.159. The molecule has 0 amide bonds. The lowest BCUT2D eigenvalue weighted by Crippen LogP contribution is -2.15. The quantitative estimate of drug-likeness (QED) is 0.156. The van der Waals surface area contributed by atoms with Crippen LogP contribution in [0.15, 0.2) is 219 Å². The maximum Gasteiger partial charge on any atom is 0.0541 e. The van der Waals surface area contributed by atoms with Gasteiger partial charge in [0.2, 0.25) is 0 Å². The summed E-state index contributed by atoms with van der Waals surface area (Å²) < 4.78 is 5.02. The number of nitrogens with zero attached hydrogens (tertiary/aromatic N) is 3.